The molecular weight excluding hydrogens is 336 g/mol. The summed E-state index contributed by atoms with van der Waals surface area (Å²) in [6.07, 6.45) is 8.58. The van der Waals surface area contributed by atoms with Crippen LogP contribution in [0.4, 0.5) is 5.95 Å². The quantitative estimate of drug-likeness (QED) is 0.820. The van der Waals surface area contributed by atoms with E-state index >= 15 is 0 Å². The van der Waals surface area contributed by atoms with E-state index < -0.39 is 9.73 Å². The summed E-state index contributed by atoms with van der Waals surface area (Å²) in [4.78, 5) is 11.0. The molecule has 0 atom stereocenters. The van der Waals surface area contributed by atoms with Crippen molar-refractivity contribution >= 4 is 15.7 Å². The zero-order valence-corrected chi connectivity index (χ0v) is 15.5. The third kappa shape index (κ3) is 5.42. The van der Waals surface area contributed by atoms with Gasteiger partial charge in [0.1, 0.15) is 6.61 Å². The summed E-state index contributed by atoms with van der Waals surface area (Å²) in [7, 11) is -2.03. The van der Waals surface area contributed by atoms with E-state index in [1.807, 2.05) is 30.3 Å². The Labute approximate surface area is 149 Å². The predicted octanol–water partition coefficient (Wildman–Crippen LogP) is 2.75. The van der Waals surface area contributed by atoms with Crippen LogP contribution in [0.1, 0.15) is 18.4 Å². The first kappa shape index (κ1) is 17.7. The third-order valence-corrected chi connectivity index (χ3v) is 4.82. The molecule has 2 aromatic rings. The average Bonchev–Trinajstić information content (AvgIpc) is 2.61. The molecule has 7 heteroatoms. The maximum atomic E-state index is 11.8. The van der Waals surface area contributed by atoms with Gasteiger partial charge < -0.3 is 9.64 Å². The lowest BCUT2D eigenvalue weighted by Gasteiger charge is -2.30. The van der Waals surface area contributed by atoms with Gasteiger partial charge in [-0.1, -0.05) is 30.3 Å². The van der Waals surface area contributed by atoms with E-state index in [9.17, 15) is 4.21 Å². The van der Waals surface area contributed by atoms with Crippen molar-refractivity contribution < 1.29 is 8.95 Å². The first-order chi connectivity index (χ1) is 12.0. The highest BCUT2D eigenvalue weighted by atomic mass is 32.2. The Morgan fingerprint density at radius 3 is 2.40 bits per heavy atom. The van der Waals surface area contributed by atoms with Crippen LogP contribution in [-0.2, 0) is 16.3 Å². The number of benzene rings is 1. The van der Waals surface area contributed by atoms with E-state index in [-0.39, 0.29) is 6.04 Å². The average molecular weight is 360 g/mol. The van der Waals surface area contributed by atoms with Crippen LogP contribution in [0, 0.1) is 0 Å². The van der Waals surface area contributed by atoms with Crippen LogP contribution >= 0.6 is 0 Å². The number of ether oxygens (including phenoxy) is 1. The minimum Gasteiger partial charge on any atom is -0.486 e. The second-order valence-electron chi connectivity index (χ2n) is 6.50. The van der Waals surface area contributed by atoms with E-state index in [1.165, 1.54) is 0 Å². The van der Waals surface area contributed by atoms with Crippen LogP contribution in [-0.4, -0.2) is 45.8 Å². The molecule has 1 saturated heterocycles. The van der Waals surface area contributed by atoms with Crippen molar-refractivity contribution in [1.29, 1.82) is 0 Å². The number of hydrogen-bond donors (Lipinski definition) is 0. The molecule has 0 radical (unpaired) electrons. The summed E-state index contributed by atoms with van der Waals surface area (Å²) in [5.41, 5.74) is 1.11. The zero-order valence-electron chi connectivity index (χ0n) is 14.7. The first-order valence-electron chi connectivity index (χ1n) is 8.39. The second kappa shape index (κ2) is 7.82. The van der Waals surface area contributed by atoms with Crippen molar-refractivity contribution in [2.24, 2.45) is 4.36 Å². The molecule has 0 saturated carbocycles. The SMILES string of the molecule is CS(C)(=O)=NC1CCN(c2ncc(OCc3ccccc3)cn2)CC1. The van der Waals surface area contributed by atoms with E-state index in [1.54, 1.807) is 24.9 Å². The molecule has 25 heavy (non-hydrogen) atoms. The molecule has 0 unspecified atom stereocenters. The molecule has 1 aromatic heterocycles. The van der Waals surface area contributed by atoms with Crippen LogP contribution in [0.25, 0.3) is 0 Å². The highest BCUT2D eigenvalue weighted by molar-refractivity contribution is 7.92. The summed E-state index contributed by atoms with van der Waals surface area (Å²) in [6, 6.07) is 10.2. The Morgan fingerprint density at radius 1 is 1.16 bits per heavy atom. The lowest BCUT2D eigenvalue weighted by atomic mass is 10.1. The van der Waals surface area contributed by atoms with Crippen molar-refractivity contribution in [2.75, 3.05) is 30.5 Å². The number of anilines is 1. The lowest BCUT2D eigenvalue weighted by molar-refractivity contribution is 0.303. The number of hydrogen-bond acceptors (Lipinski definition) is 6. The van der Waals surface area contributed by atoms with E-state index in [0.717, 1.165) is 31.5 Å². The van der Waals surface area contributed by atoms with Crippen molar-refractivity contribution in [3.8, 4) is 5.75 Å². The van der Waals surface area contributed by atoms with Gasteiger partial charge in [0.25, 0.3) is 0 Å². The smallest absolute Gasteiger partial charge is 0.225 e. The fraction of sp³-hybridized carbons (Fsp3) is 0.444. The summed E-state index contributed by atoms with van der Waals surface area (Å²) >= 11 is 0. The van der Waals surface area contributed by atoms with Crippen molar-refractivity contribution in [2.45, 2.75) is 25.5 Å². The number of rotatable bonds is 5. The molecule has 1 aliphatic heterocycles. The second-order valence-corrected chi connectivity index (χ2v) is 9.07. The van der Waals surface area contributed by atoms with Crippen LogP contribution < -0.4 is 9.64 Å². The third-order valence-electron chi connectivity index (χ3n) is 4.01. The predicted molar refractivity (Wildman–Crippen MR) is 100 cm³/mol. The van der Waals surface area contributed by atoms with Gasteiger partial charge >= 0.3 is 0 Å². The van der Waals surface area contributed by atoms with Crippen molar-refractivity contribution in [1.82, 2.24) is 9.97 Å². The fourth-order valence-electron chi connectivity index (χ4n) is 2.82. The summed E-state index contributed by atoms with van der Waals surface area (Å²) in [6.45, 7) is 2.16. The maximum Gasteiger partial charge on any atom is 0.225 e. The minimum absolute atomic E-state index is 0.173. The Morgan fingerprint density at radius 2 is 1.80 bits per heavy atom. The Bertz CT molecular complexity index is 786. The van der Waals surface area contributed by atoms with Gasteiger partial charge in [0.15, 0.2) is 5.75 Å². The molecule has 6 nitrogen and oxygen atoms in total. The molecule has 0 aliphatic carbocycles. The van der Waals surface area contributed by atoms with E-state index in [2.05, 4.69) is 19.2 Å². The summed E-state index contributed by atoms with van der Waals surface area (Å²) in [5, 5.41) is 0. The summed E-state index contributed by atoms with van der Waals surface area (Å²) in [5.74, 6) is 1.37. The highest BCUT2D eigenvalue weighted by Crippen LogP contribution is 2.20. The van der Waals surface area contributed by atoms with Gasteiger partial charge in [-0.3, -0.25) is 4.21 Å². The van der Waals surface area contributed by atoms with Gasteiger partial charge in [0.05, 0.1) is 18.4 Å². The van der Waals surface area contributed by atoms with E-state index in [0.29, 0.717) is 18.3 Å². The molecule has 0 spiro atoms. The van der Waals surface area contributed by atoms with Crippen molar-refractivity contribution in [3.05, 3.63) is 48.3 Å². The van der Waals surface area contributed by atoms with Crippen LogP contribution in [0.2, 0.25) is 0 Å². The van der Waals surface area contributed by atoms with Gasteiger partial charge in [0, 0.05) is 35.3 Å². The molecular formula is C18H24N4O2S. The molecule has 3 rings (SSSR count). The standard InChI is InChI=1S/C18H24N4O2S/c1-25(2,23)21-16-8-10-22(11-9-16)18-19-12-17(13-20-18)24-14-15-6-4-3-5-7-15/h3-7,12-13,16H,8-11,14H2,1-2H3. The zero-order chi connectivity index (χ0) is 17.7. The van der Waals surface area contributed by atoms with Crippen LogP contribution in [0.3, 0.4) is 0 Å². The molecule has 1 fully saturated rings. The van der Waals surface area contributed by atoms with Crippen molar-refractivity contribution in [3.63, 3.8) is 0 Å². The highest BCUT2D eigenvalue weighted by Gasteiger charge is 2.21. The molecule has 0 bridgehead atoms. The number of aromatic nitrogens is 2. The Balaban J connectivity index is 1.54. The number of piperidine rings is 1. The molecule has 134 valence electrons. The molecule has 0 amide bonds. The fourth-order valence-corrected chi connectivity index (χ4v) is 3.75. The van der Waals surface area contributed by atoms with Gasteiger partial charge in [0.2, 0.25) is 5.95 Å². The minimum atomic E-state index is -2.03. The van der Waals surface area contributed by atoms with Gasteiger partial charge in [-0.2, -0.15) is 0 Å². The first-order valence-corrected chi connectivity index (χ1v) is 10.7. The Kier molecular flexibility index (Phi) is 5.53. The van der Waals surface area contributed by atoms with Crippen LogP contribution in [0.5, 0.6) is 5.75 Å². The topological polar surface area (TPSA) is 67.7 Å². The summed E-state index contributed by atoms with van der Waals surface area (Å²) < 4.78 is 21.9. The molecule has 1 aromatic carbocycles. The lowest BCUT2D eigenvalue weighted by Crippen LogP contribution is -2.36. The largest absolute Gasteiger partial charge is 0.486 e. The van der Waals surface area contributed by atoms with E-state index in [4.69, 9.17) is 4.74 Å². The van der Waals surface area contributed by atoms with Gasteiger partial charge in [-0.05, 0) is 18.4 Å². The normalized spacial score (nSPS) is 15.8. The van der Waals surface area contributed by atoms with Gasteiger partial charge in [-0.15, -0.1) is 0 Å². The Hall–Kier alpha value is -2.15. The van der Waals surface area contributed by atoms with Crippen LogP contribution in [0.15, 0.2) is 47.1 Å². The maximum absolute atomic E-state index is 11.8. The number of nitrogens with zero attached hydrogens (tertiary/aromatic N) is 4. The molecule has 1 aliphatic rings. The van der Waals surface area contributed by atoms with Gasteiger partial charge in [-0.25, -0.2) is 14.3 Å². The molecule has 2 heterocycles. The monoisotopic (exact) mass is 360 g/mol. The molecule has 0 N–H and O–H groups in total.